The van der Waals surface area contributed by atoms with E-state index in [2.05, 4.69) is 32.2 Å². The number of halogens is 2. The van der Waals surface area contributed by atoms with Gasteiger partial charge in [-0.2, -0.15) is 0 Å². The maximum Gasteiger partial charge on any atom is 0.248 e. The zero-order valence-electron chi connectivity index (χ0n) is 14.7. The van der Waals surface area contributed by atoms with Gasteiger partial charge in [-0.1, -0.05) is 39.0 Å². The Labute approximate surface area is 143 Å². The molecule has 24 heavy (non-hydrogen) atoms. The summed E-state index contributed by atoms with van der Waals surface area (Å²) in [7, 11) is 0. The van der Waals surface area contributed by atoms with Crippen LogP contribution in [0.5, 0.6) is 0 Å². The van der Waals surface area contributed by atoms with Gasteiger partial charge in [-0.15, -0.1) is 0 Å². The van der Waals surface area contributed by atoms with E-state index in [1.807, 2.05) is 18.2 Å². The number of Topliss-reactive ketones (excluding diaryl/α,β-unsaturated/α-hetero) is 1. The lowest BCUT2D eigenvalue weighted by molar-refractivity contribution is -0.109. The molecule has 0 heterocycles. The summed E-state index contributed by atoms with van der Waals surface area (Å²) in [4.78, 5) is 12.3. The van der Waals surface area contributed by atoms with Gasteiger partial charge in [0.15, 0.2) is 5.78 Å². The largest absolute Gasteiger partial charge is 0.313 e. The van der Waals surface area contributed by atoms with Crippen LogP contribution in [-0.2, 0) is 0 Å². The summed E-state index contributed by atoms with van der Waals surface area (Å²) in [6, 6.07) is 8.24. The second kappa shape index (κ2) is 6.21. The van der Waals surface area contributed by atoms with Crippen molar-refractivity contribution in [2.45, 2.75) is 64.3 Å². The molecule has 3 rings (SSSR count). The Bertz CT molecular complexity index is 612. The average molecular weight is 335 g/mol. The first-order chi connectivity index (χ1) is 11.1. The van der Waals surface area contributed by atoms with Gasteiger partial charge in [-0.3, -0.25) is 4.79 Å². The Morgan fingerprint density at radius 2 is 2.00 bits per heavy atom. The van der Waals surface area contributed by atoms with E-state index in [0.717, 1.165) is 13.0 Å². The summed E-state index contributed by atoms with van der Waals surface area (Å²) in [6.45, 7) is 7.60. The van der Waals surface area contributed by atoms with Crippen molar-refractivity contribution in [2.75, 3.05) is 6.54 Å². The minimum Gasteiger partial charge on any atom is -0.313 e. The standard InChI is InChI=1S/C20H27F2NO/c1-19(2,3)12-23-17-9-16(17)14-5-4-6-15(8-14)18(24)7-13-10-20(21,22)11-13/h4-6,8,13,16-17,23H,7,9-12H2,1-3H3. The van der Waals surface area contributed by atoms with Crippen LogP contribution < -0.4 is 5.32 Å². The third-order valence-corrected chi connectivity index (χ3v) is 4.97. The van der Waals surface area contributed by atoms with Crippen LogP contribution in [0.3, 0.4) is 0 Å². The van der Waals surface area contributed by atoms with Crippen LogP contribution in [0.15, 0.2) is 24.3 Å². The number of carbonyl (C=O) groups is 1. The zero-order valence-corrected chi connectivity index (χ0v) is 14.7. The zero-order chi connectivity index (χ0) is 17.5. The molecule has 0 amide bonds. The van der Waals surface area contributed by atoms with Crippen LogP contribution in [-0.4, -0.2) is 24.3 Å². The molecular formula is C20H27F2NO. The number of ketones is 1. The summed E-state index contributed by atoms with van der Waals surface area (Å²) >= 11 is 0. The molecule has 0 saturated heterocycles. The molecule has 1 aromatic rings. The van der Waals surface area contributed by atoms with Gasteiger partial charge < -0.3 is 5.32 Å². The van der Waals surface area contributed by atoms with E-state index in [-0.39, 0.29) is 36.4 Å². The van der Waals surface area contributed by atoms with E-state index in [1.165, 1.54) is 5.56 Å². The Morgan fingerprint density at radius 1 is 1.29 bits per heavy atom. The lowest BCUT2D eigenvalue weighted by Crippen LogP contribution is -2.36. The molecular weight excluding hydrogens is 308 g/mol. The summed E-state index contributed by atoms with van der Waals surface area (Å²) < 4.78 is 25.8. The normalized spacial score (nSPS) is 26.0. The van der Waals surface area contributed by atoms with Crippen molar-refractivity contribution in [2.24, 2.45) is 11.3 Å². The fourth-order valence-electron chi connectivity index (χ4n) is 3.48. The van der Waals surface area contributed by atoms with Crippen molar-refractivity contribution in [1.82, 2.24) is 5.32 Å². The Hall–Kier alpha value is -1.29. The highest BCUT2D eigenvalue weighted by Gasteiger charge is 2.45. The smallest absolute Gasteiger partial charge is 0.248 e. The van der Waals surface area contributed by atoms with Crippen molar-refractivity contribution in [3.8, 4) is 0 Å². The van der Waals surface area contributed by atoms with Crippen LogP contribution in [0.4, 0.5) is 8.78 Å². The topological polar surface area (TPSA) is 29.1 Å². The molecule has 2 aliphatic rings. The lowest BCUT2D eigenvalue weighted by atomic mass is 9.77. The number of alkyl halides is 2. The highest BCUT2D eigenvalue weighted by molar-refractivity contribution is 5.96. The van der Waals surface area contributed by atoms with Crippen LogP contribution >= 0.6 is 0 Å². The van der Waals surface area contributed by atoms with Crippen LogP contribution in [0, 0.1) is 11.3 Å². The van der Waals surface area contributed by atoms with Gasteiger partial charge >= 0.3 is 0 Å². The number of rotatable bonds is 6. The van der Waals surface area contributed by atoms with E-state index in [0.29, 0.717) is 17.5 Å². The van der Waals surface area contributed by atoms with Crippen molar-refractivity contribution in [3.05, 3.63) is 35.4 Å². The number of benzene rings is 1. The van der Waals surface area contributed by atoms with E-state index < -0.39 is 5.92 Å². The Balaban J connectivity index is 1.54. The van der Waals surface area contributed by atoms with Crippen molar-refractivity contribution in [1.29, 1.82) is 0 Å². The second-order valence-corrected chi connectivity index (χ2v) is 8.77. The van der Waals surface area contributed by atoms with Gasteiger partial charge in [-0.25, -0.2) is 8.78 Å². The first-order valence-electron chi connectivity index (χ1n) is 8.87. The van der Waals surface area contributed by atoms with Crippen LogP contribution in [0.1, 0.15) is 68.3 Å². The maximum absolute atomic E-state index is 12.9. The molecule has 2 nitrogen and oxygen atoms in total. The molecule has 2 fully saturated rings. The molecule has 0 aliphatic heterocycles. The quantitative estimate of drug-likeness (QED) is 0.757. The molecule has 2 atom stereocenters. The molecule has 4 heteroatoms. The molecule has 2 aliphatic carbocycles. The van der Waals surface area contributed by atoms with Gasteiger partial charge in [0.05, 0.1) is 0 Å². The number of hydrogen-bond acceptors (Lipinski definition) is 2. The Morgan fingerprint density at radius 3 is 2.62 bits per heavy atom. The molecule has 132 valence electrons. The van der Waals surface area contributed by atoms with Crippen molar-refractivity contribution >= 4 is 5.78 Å². The maximum atomic E-state index is 12.9. The number of carbonyl (C=O) groups excluding carboxylic acids is 1. The fraction of sp³-hybridized carbons (Fsp3) is 0.650. The van der Waals surface area contributed by atoms with Gasteiger partial charge in [0.25, 0.3) is 0 Å². The highest BCUT2D eigenvalue weighted by atomic mass is 19.3. The van der Waals surface area contributed by atoms with E-state index >= 15 is 0 Å². The van der Waals surface area contributed by atoms with Gasteiger partial charge in [0.1, 0.15) is 0 Å². The Kier molecular flexibility index (Phi) is 4.54. The molecule has 2 unspecified atom stereocenters. The van der Waals surface area contributed by atoms with Crippen molar-refractivity contribution < 1.29 is 13.6 Å². The third-order valence-electron chi connectivity index (χ3n) is 4.97. The molecule has 0 spiro atoms. The summed E-state index contributed by atoms with van der Waals surface area (Å²) in [5.74, 6) is -2.24. The number of hydrogen-bond donors (Lipinski definition) is 1. The molecule has 2 saturated carbocycles. The molecule has 0 aromatic heterocycles. The SMILES string of the molecule is CC(C)(C)CNC1CC1c1cccc(C(=O)CC2CC(F)(F)C2)c1. The van der Waals surface area contributed by atoms with Crippen molar-refractivity contribution in [3.63, 3.8) is 0 Å². The molecule has 0 bridgehead atoms. The lowest BCUT2D eigenvalue weighted by Gasteiger charge is -2.34. The predicted molar refractivity (Wildman–Crippen MR) is 91.7 cm³/mol. The van der Waals surface area contributed by atoms with Crippen LogP contribution in [0.25, 0.3) is 0 Å². The van der Waals surface area contributed by atoms with Gasteiger partial charge in [-0.05, 0) is 29.4 Å². The summed E-state index contributed by atoms with van der Waals surface area (Å²) in [6.07, 6.45) is 1.07. The predicted octanol–water partition coefficient (Wildman–Crippen LogP) is 4.80. The van der Waals surface area contributed by atoms with E-state index in [1.54, 1.807) is 0 Å². The highest BCUT2D eigenvalue weighted by Crippen LogP contribution is 2.45. The average Bonchev–Trinajstić information content (AvgIpc) is 3.22. The summed E-state index contributed by atoms with van der Waals surface area (Å²) in [5.41, 5.74) is 2.12. The van der Waals surface area contributed by atoms with Crippen LogP contribution in [0.2, 0.25) is 0 Å². The third kappa shape index (κ3) is 4.41. The van der Waals surface area contributed by atoms with E-state index in [4.69, 9.17) is 0 Å². The molecule has 0 radical (unpaired) electrons. The number of nitrogens with one attached hydrogen (secondary N) is 1. The fourth-order valence-corrected chi connectivity index (χ4v) is 3.48. The minimum atomic E-state index is -2.55. The summed E-state index contributed by atoms with van der Waals surface area (Å²) in [5, 5.41) is 3.59. The first-order valence-corrected chi connectivity index (χ1v) is 8.87. The van der Waals surface area contributed by atoms with Gasteiger partial charge in [0, 0.05) is 43.3 Å². The molecule has 1 N–H and O–H groups in total. The van der Waals surface area contributed by atoms with E-state index in [9.17, 15) is 13.6 Å². The van der Waals surface area contributed by atoms with Gasteiger partial charge in [0.2, 0.25) is 5.92 Å². The first kappa shape index (κ1) is 17.5. The monoisotopic (exact) mass is 335 g/mol. The molecule has 1 aromatic carbocycles. The second-order valence-electron chi connectivity index (χ2n) is 8.77. The minimum absolute atomic E-state index is 0.00259.